The quantitative estimate of drug-likeness (QED) is 0.347. The first-order chi connectivity index (χ1) is 18.0. The van der Waals surface area contributed by atoms with Gasteiger partial charge in [-0.15, -0.1) is 0 Å². The van der Waals surface area contributed by atoms with Gasteiger partial charge in [-0.05, 0) is 68.8 Å². The van der Waals surface area contributed by atoms with Crippen molar-refractivity contribution in [2.45, 2.75) is 37.7 Å². The number of carbonyl (C=O) groups is 2. The van der Waals surface area contributed by atoms with Crippen molar-refractivity contribution in [3.8, 4) is 17.0 Å². The lowest BCUT2D eigenvalue weighted by atomic mass is 9.81. The Kier molecular flexibility index (Phi) is 6.19. The second-order valence-electron chi connectivity index (χ2n) is 9.95. The molecule has 1 aliphatic rings. The SMILES string of the molecule is C[C@](O)(CCC(=O)c1cc(F)c2ncccc2c1)c1cc2c(c(-c3ccc(F)cc3)n1)OC[C@]2(C)C(N)=O. The number of aromatic nitrogens is 2. The van der Waals surface area contributed by atoms with Gasteiger partial charge in [0, 0.05) is 34.7 Å². The smallest absolute Gasteiger partial charge is 0.231 e. The third kappa shape index (κ3) is 4.39. The second-order valence-corrected chi connectivity index (χ2v) is 9.95. The fourth-order valence-corrected chi connectivity index (χ4v) is 4.60. The summed E-state index contributed by atoms with van der Waals surface area (Å²) < 4.78 is 33.9. The number of rotatable bonds is 7. The lowest BCUT2D eigenvalue weighted by Crippen LogP contribution is -2.40. The summed E-state index contributed by atoms with van der Waals surface area (Å²) in [6.45, 7) is 3.13. The van der Waals surface area contributed by atoms with E-state index in [9.17, 15) is 23.5 Å². The fraction of sp³-hybridized carbons (Fsp3) is 0.241. The maximum absolute atomic E-state index is 14.5. The van der Waals surface area contributed by atoms with Crippen molar-refractivity contribution >= 4 is 22.6 Å². The Hall–Kier alpha value is -4.24. The number of carbonyl (C=O) groups excluding carboxylic acids is 2. The van der Waals surface area contributed by atoms with Crippen LogP contribution in [0.1, 0.15) is 48.3 Å². The Morgan fingerprint density at radius 1 is 1.16 bits per heavy atom. The largest absolute Gasteiger partial charge is 0.489 e. The molecule has 194 valence electrons. The van der Waals surface area contributed by atoms with E-state index in [1.54, 1.807) is 31.2 Å². The van der Waals surface area contributed by atoms with Crippen molar-refractivity contribution in [1.29, 1.82) is 0 Å². The molecule has 2 aromatic heterocycles. The number of fused-ring (bicyclic) bond motifs is 2. The minimum atomic E-state index is -1.61. The summed E-state index contributed by atoms with van der Waals surface area (Å²) in [6.07, 6.45) is 1.33. The summed E-state index contributed by atoms with van der Waals surface area (Å²) >= 11 is 0. The predicted molar refractivity (Wildman–Crippen MR) is 137 cm³/mol. The van der Waals surface area contributed by atoms with Crippen LogP contribution in [-0.4, -0.2) is 33.4 Å². The van der Waals surface area contributed by atoms with Crippen molar-refractivity contribution in [3.05, 3.63) is 89.2 Å². The minimum Gasteiger partial charge on any atom is -0.489 e. The van der Waals surface area contributed by atoms with Crippen LogP contribution in [0.3, 0.4) is 0 Å². The predicted octanol–water partition coefficient (Wildman–Crippen LogP) is 4.58. The molecule has 9 heteroatoms. The topological polar surface area (TPSA) is 115 Å². The number of benzene rings is 2. The number of aliphatic hydroxyl groups is 1. The lowest BCUT2D eigenvalue weighted by molar-refractivity contribution is -0.123. The molecule has 1 amide bonds. The van der Waals surface area contributed by atoms with E-state index in [0.29, 0.717) is 28.0 Å². The molecule has 0 unspecified atom stereocenters. The Morgan fingerprint density at radius 3 is 2.61 bits per heavy atom. The number of halogens is 2. The summed E-state index contributed by atoms with van der Waals surface area (Å²) in [4.78, 5) is 34.0. The number of nitrogens with two attached hydrogens (primary N) is 1. The summed E-state index contributed by atoms with van der Waals surface area (Å²) in [5.41, 5.74) is 4.73. The zero-order chi connectivity index (χ0) is 27.2. The van der Waals surface area contributed by atoms with E-state index in [2.05, 4.69) is 9.97 Å². The molecule has 0 fully saturated rings. The first-order valence-corrected chi connectivity index (χ1v) is 12.0. The van der Waals surface area contributed by atoms with Crippen LogP contribution < -0.4 is 10.5 Å². The molecule has 0 radical (unpaired) electrons. The molecular weight excluding hydrogens is 492 g/mol. The Balaban J connectivity index is 1.49. The number of amides is 1. The number of pyridine rings is 2. The molecule has 0 bridgehead atoms. The van der Waals surface area contributed by atoms with Gasteiger partial charge in [-0.25, -0.2) is 13.8 Å². The van der Waals surface area contributed by atoms with Crippen LogP contribution >= 0.6 is 0 Å². The molecule has 3 heterocycles. The van der Waals surface area contributed by atoms with E-state index in [0.717, 1.165) is 6.07 Å². The molecule has 5 rings (SSSR count). The maximum atomic E-state index is 14.5. The van der Waals surface area contributed by atoms with Gasteiger partial charge in [-0.3, -0.25) is 14.6 Å². The lowest BCUT2D eigenvalue weighted by Gasteiger charge is -2.26. The molecule has 7 nitrogen and oxygen atoms in total. The van der Waals surface area contributed by atoms with Crippen LogP contribution in [0.4, 0.5) is 8.78 Å². The van der Waals surface area contributed by atoms with Crippen LogP contribution in [0.25, 0.3) is 22.2 Å². The molecule has 0 saturated carbocycles. The van der Waals surface area contributed by atoms with Gasteiger partial charge >= 0.3 is 0 Å². The first-order valence-electron chi connectivity index (χ1n) is 12.0. The molecule has 0 aliphatic carbocycles. The molecule has 2 aromatic carbocycles. The van der Waals surface area contributed by atoms with Gasteiger partial charge in [0.25, 0.3) is 0 Å². The van der Waals surface area contributed by atoms with Crippen molar-refractivity contribution in [3.63, 3.8) is 0 Å². The molecule has 1 aliphatic heterocycles. The average molecular weight is 518 g/mol. The van der Waals surface area contributed by atoms with Gasteiger partial charge < -0.3 is 15.6 Å². The Morgan fingerprint density at radius 2 is 1.89 bits per heavy atom. The molecule has 38 heavy (non-hydrogen) atoms. The van der Waals surface area contributed by atoms with Crippen LogP contribution in [0, 0.1) is 11.6 Å². The van der Waals surface area contributed by atoms with Gasteiger partial charge in [0.1, 0.15) is 46.2 Å². The van der Waals surface area contributed by atoms with E-state index < -0.39 is 28.6 Å². The first kappa shape index (κ1) is 25.4. The van der Waals surface area contributed by atoms with Crippen LogP contribution in [0.15, 0.2) is 60.8 Å². The molecule has 2 atom stereocenters. The van der Waals surface area contributed by atoms with Crippen LogP contribution in [0.5, 0.6) is 5.75 Å². The van der Waals surface area contributed by atoms with Crippen molar-refractivity contribution < 1.29 is 28.2 Å². The van der Waals surface area contributed by atoms with Gasteiger partial charge in [0.15, 0.2) is 5.78 Å². The fourth-order valence-electron chi connectivity index (χ4n) is 4.60. The summed E-state index contributed by atoms with van der Waals surface area (Å²) in [6, 6.07) is 13.2. The van der Waals surface area contributed by atoms with E-state index >= 15 is 0 Å². The second kappa shape index (κ2) is 9.25. The standard InChI is InChI=1S/C29H25F2N3O4/c1-28(27(32)36)15-38-26-20(28)14-23(34-25(26)16-5-7-19(30)8-6-16)29(2,37)10-9-22(35)18-12-17-4-3-11-33-24(17)21(31)13-18/h3-8,11-14,37H,9-10,15H2,1-2H3,(H2,32,36)/t28-,29-/m0/s1. The molecule has 0 spiro atoms. The van der Waals surface area contributed by atoms with Crippen molar-refractivity contribution in [2.75, 3.05) is 6.61 Å². The van der Waals surface area contributed by atoms with E-state index in [-0.39, 0.29) is 42.0 Å². The van der Waals surface area contributed by atoms with Crippen LogP contribution in [-0.2, 0) is 15.8 Å². The van der Waals surface area contributed by atoms with E-state index in [1.807, 2.05) is 0 Å². The monoisotopic (exact) mass is 517 g/mol. The Labute approximate surface area is 217 Å². The molecular formula is C29H25F2N3O4. The highest BCUT2D eigenvalue weighted by Gasteiger charge is 2.45. The van der Waals surface area contributed by atoms with Gasteiger partial charge in [-0.1, -0.05) is 6.07 Å². The highest BCUT2D eigenvalue weighted by Crippen LogP contribution is 2.46. The molecule has 3 N–H and O–H groups in total. The molecule has 0 saturated heterocycles. The van der Waals surface area contributed by atoms with E-state index in [1.165, 1.54) is 37.4 Å². The third-order valence-electron chi connectivity index (χ3n) is 7.11. The zero-order valence-corrected chi connectivity index (χ0v) is 20.8. The number of ketones is 1. The summed E-state index contributed by atoms with van der Waals surface area (Å²) in [5, 5.41) is 11.9. The Bertz CT molecular complexity index is 1590. The number of primary amides is 1. The van der Waals surface area contributed by atoms with Gasteiger partial charge in [0.05, 0.1) is 5.69 Å². The number of Topliss-reactive ketones (excluding diaryl/α,β-unsaturated/α-hetero) is 1. The number of hydrogen-bond acceptors (Lipinski definition) is 6. The summed E-state index contributed by atoms with van der Waals surface area (Å²) in [7, 11) is 0. The van der Waals surface area contributed by atoms with E-state index in [4.69, 9.17) is 10.5 Å². The number of ether oxygens (including phenoxy) is 1. The highest BCUT2D eigenvalue weighted by atomic mass is 19.1. The minimum absolute atomic E-state index is 0.0139. The van der Waals surface area contributed by atoms with Crippen LogP contribution in [0.2, 0.25) is 0 Å². The maximum Gasteiger partial charge on any atom is 0.231 e. The normalized spacial score (nSPS) is 18.0. The zero-order valence-electron chi connectivity index (χ0n) is 20.8. The summed E-state index contributed by atoms with van der Waals surface area (Å²) in [5.74, 6) is -1.68. The number of nitrogens with zero attached hydrogens (tertiary/aromatic N) is 2. The average Bonchev–Trinajstić information content (AvgIpc) is 3.25. The van der Waals surface area contributed by atoms with Gasteiger partial charge in [0.2, 0.25) is 5.91 Å². The highest BCUT2D eigenvalue weighted by molar-refractivity contribution is 5.99. The van der Waals surface area contributed by atoms with Crippen molar-refractivity contribution in [1.82, 2.24) is 9.97 Å². The van der Waals surface area contributed by atoms with Crippen molar-refractivity contribution in [2.24, 2.45) is 5.73 Å². The number of hydrogen-bond donors (Lipinski definition) is 2. The van der Waals surface area contributed by atoms with Gasteiger partial charge in [-0.2, -0.15) is 0 Å². The third-order valence-corrected chi connectivity index (χ3v) is 7.11. The molecule has 4 aromatic rings.